The highest BCUT2D eigenvalue weighted by Gasteiger charge is 2.35. The van der Waals surface area contributed by atoms with E-state index in [1.54, 1.807) is 0 Å². The molecule has 16 heavy (non-hydrogen) atoms. The number of nitrogens with one attached hydrogen (secondary N) is 1. The Morgan fingerprint density at radius 3 is 2.31 bits per heavy atom. The van der Waals surface area contributed by atoms with Gasteiger partial charge in [0, 0.05) is 23.3 Å². The van der Waals surface area contributed by atoms with Crippen LogP contribution in [0.25, 0.3) is 0 Å². The van der Waals surface area contributed by atoms with E-state index >= 15 is 0 Å². The molecule has 0 radical (unpaired) electrons. The lowest BCUT2D eigenvalue weighted by molar-refractivity contribution is -0.0991. The molecule has 0 bridgehead atoms. The van der Waals surface area contributed by atoms with Crippen molar-refractivity contribution in [3.63, 3.8) is 0 Å². The van der Waals surface area contributed by atoms with Crippen LogP contribution in [0, 0.1) is 5.41 Å². The summed E-state index contributed by atoms with van der Waals surface area (Å²) >= 11 is 2.08. The van der Waals surface area contributed by atoms with Crippen molar-refractivity contribution in [3.8, 4) is 0 Å². The molecule has 3 heteroatoms. The fourth-order valence-corrected chi connectivity index (χ4v) is 3.74. The summed E-state index contributed by atoms with van der Waals surface area (Å²) in [4.78, 5) is 0. The van der Waals surface area contributed by atoms with E-state index in [0.29, 0.717) is 10.2 Å². The van der Waals surface area contributed by atoms with Crippen molar-refractivity contribution < 1.29 is 4.74 Å². The van der Waals surface area contributed by atoms with E-state index in [-0.39, 0.29) is 0 Å². The summed E-state index contributed by atoms with van der Waals surface area (Å²) < 4.78 is 5.81. The van der Waals surface area contributed by atoms with E-state index in [1.807, 2.05) is 0 Å². The first-order chi connectivity index (χ1) is 7.68. The molecule has 1 aliphatic carbocycles. The van der Waals surface area contributed by atoms with E-state index in [1.165, 1.54) is 38.6 Å². The monoisotopic (exact) mass is 243 g/mol. The lowest BCUT2D eigenvalue weighted by atomic mass is 9.86. The van der Waals surface area contributed by atoms with Crippen molar-refractivity contribution in [2.24, 2.45) is 5.41 Å². The Bertz CT molecular complexity index is 222. The van der Waals surface area contributed by atoms with Crippen molar-refractivity contribution >= 4 is 11.8 Å². The maximum absolute atomic E-state index is 5.29. The zero-order valence-electron chi connectivity index (χ0n) is 10.7. The summed E-state index contributed by atoms with van der Waals surface area (Å²) in [6, 6.07) is 0. The van der Waals surface area contributed by atoms with Gasteiger partial charge < -0.3 is 10.1 Å². The second-order valence-corrected chi connectivity index (χ2v) is 7.13. The highest BCUT2D eigenvalue weighted by molar-refractivity contribution is 8.00. The summed E-state index contributed by atoms with van der Waals surface area (Å²) in [6.07, 6.45) is 9.35. The minimum Gasteiger partial charge on any atom is -0.380 e. The van der Waals surface area contributed by atoms with E-state index in [0.717, 1.165) is 19.8 Å². The molecule has 0 aromatic heterocycles. The lowest BCUT2D eigenvalue weighted by Crippen LogP contribution is -2.50. The molecule has 2 nitrogen and oxygen atoms in total. The molecule has 2 aliphatic rings. The molecule has 2 fully saturated rings. The molecule has 0 atom stereocenters. The maximum atomic E-state index is 5.29. The zero-order valence-corrected chi connectivity index (χ0v) is 11.5. The third kappa shape index (κ3) is 2.93. The second kappa shape index (κ2) is 5.28. The smallest absolute Gasteiger partial charge is 0.0554 e. The number of hydrogen-bond acceptors (Lipinski definition) is 3. The lowest BCUT2D eigenvalue weighted by Gasteiger charge is -2.41. The van der Waals surface area contributed by atoms with Crippen molar-refractivity contribution in [1.82, 2.24) is 5.32 Å². The first-order valence-electron chi connectivity index (χ1n) is 6.52. The Labute approximate surface area is 104 Å². The molecular weight excluding hydrogens is 218 g/mol. The maximum Gasteiger partial charge on any atom is 0.0554 e. The third-order valence-electron chi connectivity index (χ3n) is 4.10. The molecule has 1 saturated carbocycles. The average molecular weight is 243 g/mol. The van der Waals surface area contributed by atoms with Crippen LogP contribution in [-0.2, 0) is 4.74 Å². The summed E-state index contributed by atoms with van der Waals surface area (Å²) in [5, 5.41) is 3.69. The van der Waals surface area contributed by atoms with Gasteiger partial charge >= 0.3 is 0 Å². The van der Waals surface area contributed by atoms with Gasteiger partial charge in [0.15, 0.2) is 0 Å². The molecule has 0 unspecified atom stereocenters. The van der Waals surface area contributed by atoms with Crippen LogP contribution >= 0.6 is 11.8 Å². The van der Waals surface area contributed by atoms with Crippen LogP contribution in [0.2, 0.25) is 0 Å². The molecular formula is C13H25NOS. The van der Waals surface area contributed by atoms with Gasteiger partial charge in [0.25, 0.3) is 0 Å². The van der Waals surface area contributed by atoms with Gasteiger partial charge in [-0.3, -0.25) is 0 Å². The first kappa shape index (κ1) is 12.7. The Kier molecular flexibility index (Phi) is 4.20. The molecule has 94 valence electrons. The highest BCUT2D eigenvalue weighted by atomic mass is 32.2. The van der Waals surface area contributed by atoms with Crippen molar-refractivity contribution in [1.29, 1.82) is 0 Å². The summed E-state index contributed by atoms with van der Waals surface area (Å²) in [6.45, 7) is 6.49. The number of rotatable bonds is 5. The van der Waals surface area contributed by atoms with Crippen LogP contribution < -0.4 is 5.32 Å². The van der Waals surface area contributed by atoms with Gasteiger partial charge in [0.05, 0.1) is 13.2 Å². The van der Waals surface area contributed by atoms with Crippen molar-refractivity contribution in [2.45, 2.75) is 43.8 Å². The molecule has 1 aliphatic heterocycles. The average Bonchev–Trinajstić information content (AvgIpc) is 2.28. The standard InChI is InChI=1S/C13H25NOS/c1-12(10-15-11-12)8-14-9-13(16-2)6-4-3-5-7-13/h14H,3-11H2,1-2H3. The molecule has 1 N–H and O–H groups in total. The number of thioether (sulfide) groups is 1. The second-order valence-electron chi connectivity index (χ2n) is 5.85. The normalized spacial score (nSPS) is 27.4. The Balaban J connectivity index is 1.73. The number of ether oxygens (including phenoxy) is 1. The fraction of sp³-hybridized carbons (Fsp3) is 1.00. The van der Waals surface area contributed by atoms with Crippen LogP contribution in [0.1, 0.15) is 39.0 Å². The van der Waals surface area contributed by atoms with Gasteiger partial charge in [-0.2, -0.15) is 11.8 Å². The molecule has 0 aromatic carbocycles. The molecule has 0 aromatic rings. The van der Waals surface area contributed by atoms with Crippen LogP contribution in [0.4, 0.5) is 0 Å². The minimum absolute atomic E-state index is 0.411. The Morgan fingerprint density at radius 2 is 1.81 bits per heavy atom. The fourth-order valence-electron chi connectivity index (χ4n) is 2.79. The molecule has 0 spiro atoms. The van der Waals surface area contributed by atoms with Crippen LogP contribution in [0.5, 0.6) is 0 Å². The molecule has 2 rings (SSSR count). The van der Waals surface area contributed by atoms with Crippen molar-refractivity contribution in [3.05, 3.63) is 0 Å². The highest BCUT2D eigenvalue weighted by Crippen LogP contribution is 2.38. The van der Waals surface area contributed by atoms with Gasteiger partial charge in [-0.1, -0.05) is 26.2 Å². The van der Waals surface area contributed by atoms with Crippen LogP contribution in [-0.4, -0.2) is 37.3 Å². The van der Waals surface area contributed by atoms with Gasteiger partial charge in [0.2, 0.25) is 0 Å². The summed E-state index contributed by atoms with van der Waals surface area (Å²) in [7, 11) is 0. The Hall–Kier alpha value is 0.270. The van der Waals surface area contributed by atoms with Gasteiger partial charge in [-0.25, -0.2) is 0 Å². The number of hydrogen-bond donors (Lipinski definition) is 1. The third-order valence-corrected chi connectivity index (χ3v) is 5.52. The van der Waals surface area contributed by atoms with E-state index in [2.05, 4.69) is 30.3 Å². The van der Waals surface area contributed by atoms with Crippen LogP contribution in [0.3, 0.4) is 0 Å². The minimum atomic E-state index is 0.411. The Morgan fingerprint density at radius 1 is 1.12 bits per heavy atom. The van der Waals surface area contributed by atoms with Gasteiger partial charge in [-0.05, 0) is 19.1 Å². The SMILES string of the molecule is CSC1(CNCC2(C)COC2)CCCCC1. The van der Waals surface area contributed by atoms with E-state index in [4.69, 9.17) is 4.74 Å². The first-order valence-corrected chi connectivity index (χ1v) is 7.74. The topological polar surface area (TPSA) is 21.3 Å². The quantitative estimate of drug-likeness (QED) is 0.802. The van der Waals surface area contributed by atoms with Gasteiger partial charge in [0.1, 0.15) is 0 Å². The van der Waals surface area contributed by atoms with Crippen LogP contribution in [0.15, 0.2) is 0 Å². The largest absolute Gasteiger partial charge is 0.380 e. The molecule has 1 heterocycles. The predicted molar refractivity (Wildman–Crippen MR) is 71.1 cm³/mol. The van der Waals surface area contributed by atoms with E-state index in [9.17, 15) is 0 Å². The predicted octanol–water partition coefficient (Wildman–Crippen LogP) is 2.68. The molecule has 1 saturated heterocycles. The summed E-state index contributed by atoms with van der Waals surface area (Å²) in [5.74, 6) is 0. The summed E-state index contributed by atoms with van der Waals surface area (Å²) in [5.41, 5.74) is 0.411. The molecule has 0 amide bonds. The van der Waals surface area contributed by atoms with Gasteiger partial charge in [-0.15, -0.1) is 0 Å². The van der Waals surface area contributed by atoms with E-state index < -0.39 is 0 Å². The van der Waals surface area contributed by atoms with Crippen molar-refractivity contribution in [2.75, 3.05) is 32.6 Å². The zero-order chi connectivity index (χ0) is 11.5.